The Morgan fingerprint density at radius 3 is 2.36 bits per heavy atom. The minimum atomic E-state index is -0.264. The third kappa shape index (κ3) is 8.04. The van der Waals surface area contributed by atoms with Crippen LogP contribution in [0.1, 0.15) is 12.8 Å². The summed E-state index contributed by atoms with van der Waals surface area (Å²) in [4.78, 5) is 0. The first-order valence-electron chi connectivity index (χ1n) is 4.71. The van der Waals surface area contributed by atoms with Crippen molar-refractivity contribution in [2.45, 2.75) is 19.1 Å². The van der Waals surface area contributed by atoms with Crippen LogP contribution in [-0.4, -0.2) is 40.3 Å². The molecule has 0 fully saturated rings. The summed E-state index contributed by atoms with van der Waals surface area (Å²) in [5.74, 6) is 0. The van der Waals surface area contributed by atoms with E-state index in [1.54, 1.807) is 14.2 Å². The Morgan fingerprint density at radius 1 is 1.14 bits per heavy atom. The second-order valence-corrected chi connectivity index (χ2v) is 2.72. The molecule has 4 nitrogen and oxygen atoms in total. The van der Waals surface area contributed by atoms with Gasteiger partial charge in [-0.15, -0.1) is 0 Å². The van der Waals surface area contributed by atoms with Gasteiger partial charge in [0, 0.05) is 20.8 Å². The predicted octanol–water partition coefficient (Wildman–Crippen LogP) is 1.56. The monoisotopic (exact) mass is 204 g/mol. The van der Waals surface area contributed by atoms with Crippen molar-refractivity contribution in [3.05, 3.63) is 12.8 Å². The highest BCUT2D eigenvalue weighted by atomic mass is 16.7. The van der Waals surface area contributed by atoms with Crippen LogP contribution in [0.5, 0.6) is 0 Å². The van der Waals surface area contributed by atoms with Crippen LogP contribution in [0.25, 0.3) is 0 Å². The van der Waals surface area contributed by atoms with Crippen molar-refractivity contribution in [1.29, 1.82) is 0 Å². The van der Waals surface area contributed by atoms with Gasteiger partial charge in [-0.1, -0.05) is 6.58 Å². The van der Waals surface area contributed by atoms with Crippen LogP contribution in [0.4, 0.5) is 0 Å². The Bertz CT molecular complexity index is 123. The van der Waals surface area contributed by atoms with E-state index in [0.717, 1.165) is 12.8 Å². The van der Waals surface area contributed by atoms with Crippen LogP contribution in [-0.2, 0) is 18.9 Å². The first-order valence-corrected chi connectivity index (χ1v) is 4.71. The minimum absolute atomic E-state index is 0.264. The summed E-state index contributed by atoms with van der Waals surface area (Å²) < 4.78 is 20.2. The Labute approximate surface area is 85.8 Å². The van der Waals surface area contributed by atoms with Gasteiger partial charge in [-0.3, -0.25) is 0 Å². The summed E-state index contributed by atoms with van der Waals surface area (Å²) in [6, 6.07) is 0. The molecule has 84 valence electrons. The molecule has 0 unspecified atom stereocenters. The lowest BCUT2D eigenvalue weighted by molar-refractivity contribution is -0.140. The summed E-state index contributed by atoms with van der Waals surface area (Å²) in [6.07, 6.45) is 3.12. The smallest absolute Gasteiger partial charge is 0.180 e. The van der Waals surface area contributed by atoms with Crippen LogP contribution in [0.15, 0.2) is 12.8 Å². The van der Waals surface area contributed by atoms with E-state index in [-0.39, 0.29) is 6.29 Å². The van der Waals surface area contributed by atoms with Crippen LogP contribution in [0.3, 0.4) is 0 Å². The van der Waals surface area contributed by atoms with Gasteiger partial charge in [-0.25, -0.2) is 0 Å². The maximum atomic E-state index is 5.33. The maximum absolute atomic E-state index is 5.33. The van der Waals surface area contributed by atoms with E-state index < -0.39 is 0 Å². The van der Waals surface area contributed by atoms with Gasteiger partial charge in [0.25, 0.3) is 0 Å². The van der Waals surface area contributed by atoms with Crippen molar-refractivity contribution < 1.29 is 18.9 Å². The van der Waals surface area contributed by atoms with Crippen molar-refractivity contribution in [2.75, 3.05) is 34.0 Å². The molecule has 0 bridgehead atoms. The molecule has 0 aliphatic rings. The molecule has 14 heavy (non-hydrogen) atoms. The first-order chi connectivity index (χ1) is 6.85. The molecule has 0 saturated heterocycles. The number of ether oxygens (including phenoxy) is 4. The fraction of sp³-hybridized carbons (Fsp3) is 0.800. The molecule has 0 aromatic carbocycles. The van der Waals surface area contributed by atoms with Gasteiger partial charge in [0.1, 0.15) is 0 Å². The van der Waals surface area contributed by atoms with E-state index in [2.05, 4.69) is 6.58 Å². The highest BCUT2D eigenvalue weighted by Crippen LogP contribution is 1.95. The number of rotatable bonds is 10. The van der Waals surface area contributed by atoms with Crippen molar-refractivity contribution in [1.82, 2.24) is 0 Å². The molecule has 0 spiro atoms. The van der Waals surface area contributed by atoms with Gasteiger partial charge in [-0.05, 0) is 12.8 Å². The first kappa shape index (κ1) is 13.4. The topological polar surface area (TPSA) is 36.9 Å². The SMILES string of the molecule is C=COCCCCOCC(OC)OC. The molecular formula is C10H20O4. The van der Waals surface area contributed by atoms with Gasteiger partial charge in [0.2, 0.25) is 0 Å². The zero-order chi connectivity index (χ0) is 10.6. The van der Waals surface area contributed by atoms with E-state index in [1.807, 2.05) is 0 Å². The van der Waals surface area contributed by atoms with Crippen LogP contribution < -0.4 is 0 Å². The molecule has 0 heterocycles. The Hall–Kier alpha value is -0.580. The van der Waals surface area contributed by atoms with Gasteiger partial charge in [0.15, 0.2) is 6.29 Å². The highest BCUT2D eigenvalue weighted by molar-refractivity contribution is 4.49. The molecule has 0 aromatic heterocycles. The molecule has 0 saturated carbocycles. The molecule has 0 atom stereocenters. The molecule has 0 rings (SSSR count). The molecule has 0 radical (unpaired) electrons. The van der Waals surface area contributed by atoms with Gasteiger partial charge in [-0.2, -0.15) is 0 Å². The van der Waals surface area contributed by atoms with E-state index in [4.69, 9.17) is 18.9 Å². The van der Waals surface area contributed by atoms with E-state index in [1.165, 1.54) is 6.26 Å². The third-order valence-electron chi connectivity index (χ3n) is 1.70. The zero-order valence-electron chi connectivity index (χ0n) is 9.03. The van der Waals surface area contributed by atoms with Crippen molar-refractivity contribution in [3.63, 3.8) is 0 Å². The summed E-state index contributed by atoms with van der Waals surface area (Å²) in [7, 11) is 3.19. The van der Waals surface area contributed by atoms with Gasteiger partial charge in [0.05, 0.1) is 19.5 Å². The molecule has 0 amide bonds. The zero-order valence-corrected chi connectivity index (χ0v) is 9.03. The number of hydrogen-bond donors (Lipinski definition) is 0. The summed E-state index contributed by atoms with van der Waals surface area (Å²) >= 11 is 0. The number of methoxy groups -OCH3 is 2. The lowest BCUT2D eigenvalue weighted by Crippen LogP contribution is -2.20. The highest BCUT2D eigenvalue weighted by Gasteiger charge is 2.03. The molecule has 0 aliphatic carbocycles. The summed E-state index contributed by atoms with van der Waals surface area (Å²) in [5, 5.41) is 0. The van der Waals surface area contributed by atoms with Crippen molar-refractivity contribution in [2.24, 2.45) is 0 Å². The minimum Gasteiger partial charge on any atom is -0.502 e. The van der Waals surface area contributed by atoms with Gasteiger partial charge < -0.3 is 18.9 Å². The Kier molecular flexibility index (Phi) is 10.1. The van der Waals surface area contributed by atoms with Crippen LogP contribution >= 0.6 is 0 Å². The van der Waals surface area contributed by atoms with Crippen molar-refractivity contribution >= 4 is 0 Å². The van der Waals surface area contributed by atoms with E-state index in [0.29, 0.717) is 19.8 Å². The van der Waals surface area contributed by atoms with Gasteiger partial charge >= 0.3 is 0 Å². The molecule has 0 aliphatic heterocycles. The lowest BCUT2D eigenvalue weighted by atomic mass is 10.3. The quantitative estimate of drug-likeness (QED) is 0.307. The molecular weight excluding hydrogens is 184 g/mol. The fourth-order valence-electron chi connectivity index (χ4n) is 0.885. The summed E-state index contributed by atoms with van der Waals surface area (Å²) in [6.45, 7) is 5.32. The molecule has 0 aromatic rings. The third-order valence-corrected chi connectivity index (χ3v) is 1.70. The molecule has 4 heteroatoms. The summed E-state index contributed by atoms with van der Waals surface area (Å²) in [5.41, 5.74) is 0. The fourth-order valence-corrected chi connectivity index (χ4v) is 0.885. The largest absolute Gasteiger partial charge is 0.502 e. The normalized spacial score (nSPS) is 10.5. The standard InChI is InChI=1S/C10H20O4/c1-4-13-7-5-6-8-14-9-10(11-2)12-3/h4,10H,1,5-9H2,2-3H3. The Morgan fingerprint density at radius 2 is 1.79 bits per heavy atom. The van der Waals surface area contributed by atoms with E-state index >= 15 is 0 Å². The second-order valence-electron chi connectivity index (χ2n) is 2.72. The van der Waals surface area contributed by atoms with Crippen LogP contribution in [0.2, 0.25) is 0 Å². The lowest BCUT2D eigenvalue weighted by Gasteiger charge is -2.13. The Balaban J connectivity index is 3.08. The second kappa shape index (κ2) is 10.5. The molecule has 0 N–H and O–H groups in total. The number of hydrogen-bond acceptors (Lipinski definition) is 4. The van der Waals surface area contributed by atoms with Crippen molar-refractivity contribution in [3.8, 4) is 0 Å². The van der Waals surface area contributed by atoms with Crippen LogP contribution in [0, 0.1) is 0 Å². The average Bonchev–Trinajstić information content (AvgIpc) is 2.22. The average molecular weight is 204 g/mol. The number of unbranched alkanes of at least 4 members (excludes halogenated alkanes) is 1. The predicted molar refractivity (Wildman–Crippen MR) is 54.0 cm³/mol. The maximum Gasteiger partial charge on any atom is 0.180 e. The van der Waals surface area contributed by atoms with E-state index in [9.17, 15) is 0 Å².